The molecule has 1 amide bonds. The van der Waals surface area contributed by atoms with Crippen LogP contribution in [0.25, 0.3) is 0 Å². The summed E-state index contributed by atoms with van der Waals surface area (Å²) in [5, 5.41) is 0. The normalized spacial score (nSPS) is 19.2. The van der Waals surface area contributed by atoms with E-state index in [9.17, 15) is 4.79 Å². The SMILES string of the molecule is CN(CC(=O)N(C)CCC(N)=S)CC1CCCO1. The highest BCUT2D eigenvalue weighted by Gasteiger charge is 2.19. The van der Waals surface area contributed by atoms with E-state index in [0.29, 0.717) is 24.5 Å². The summed E-state index contributed by atoms with van der Waals surface area (Å²) in [4.78, 5) is 16.0. The lowest BCUT2D eigenvalue weighted by atomic mass is 10.2. The molecule has 1 aliphatic rings. The molecule has 0 bridgehead atoms. The number of nitrogens with two attached hydrogens (primary N) is 1. The van der Waals surface area contributed by atoms with E-state index in [0.717, 1.165) is 26.0 Å². The van der Waals surface area contributed by atoms with E-state index in [1.54, 1.807) is 11.9 Å². The van der Waals surface area contributed by atoms with E-state index in [4.69, 9.17) is 22.7 Å². The summed E-state index contributed by atoms with van der Waals surface area (Å²) in [7, 11) is 3.72. The van der Waals surface area contributed by atoms with Gasteiger partial charge in [0.2, 0.25) is 5.91 Å². The number of hydrogen-bond acceptors (Lipinski definition) is 4. The molecule has 0 aromatic carbocycles. The van der Waals surface area contributed by atoms with Gasteiger partial charge in [-0.25, -0.2) is 0 Å². The number of rotatable bonds is 7. The van der Waals surface area contributed by atoms with Crippen molar-refractivity contribution < 1.29 is 9.53 Å². The molecule has 0 spiro atoms. The first kappa shape index (κ1) is 15.3. The number of carbonyl (C=O) groups is 1. The molecule has 104 valence electrons. The molecule has 6 heteroatoms. The highest BCUT2D eigenvalue weighted by Crippen LogP contribution is 2.12. The summed E-state index contributed by atoms with van der Waals surface area (Å²) < 4.78 is 5.54. The number of amides is 1. The first-order valence-corrected chi connectivity index (χ1v) is 6.72. The minimum atomic E-state index is 0.0896. The van der Waals surface area contributed by atoms with Gasteiger partial charge in [-0.3, -0.25) is 9.69 Å². The van der Waals surface area contributed by atoms with Gasteiger partial charge in [-0.2, -0.15) is 0 Å². The average Bonchev–Trinajstić information content (AvgIpc) is 2.78. The third-order valence-corrected chi connectivity index (χ3v) is 3.27. The van der Waals surface area contributed by atoms with Crippen LogP contribution < -0.4 is 5.73 Å². The number of nitrogens with zero attached hydrogens (tertiary/aromatic N) is 2. The molecule has 18 heavy (non-hydrogen) atoms. The highest BCUT2D eigenvalue weighted by atomic mass is 32.1. The lowest BCUT2D eigenvalue weighted by Crippen LogP contribution is -2.40. The van der Waals surface area contributed by atoms with Gasteiger partial charge >= 0.3 is 0 Å². The third kappa shape index (κ3) is 5.75. The third-order valence-electron chi connectivity index (χ3n) is 3.06. The van der Waals surface area contributed by atoms with Crippen LogP contribution in [0.4, 0.5) is 0 Å². The number of thiocarbonyl (C=S) groups is 1. The fourth-order valence-electron chi connectivity index (χ4n) is 1.95. The molecule has 1 saturated heterocycles. The van der Waals surface area contributed by atoms with E-state index >= 15 is 0 Å². The minimum absolute atomic E-state index is 0.0896. The number of carbonyl (C=O) groups excluding carboxylic acids is 1. The zero-order valence-electron chi connectivity index (χ0n) is 11.2. The summed E-state index contributed by atoms with van der Waals surface area (Å²) in [6, 6.07) is 0. The van der Waals surface area contributed by atoms with E-state index < -0.39 is 0 Å². The zero-order chi connectivity index (χ0) is 13.5. The maximum absolute atomic E-state index is 11.9. The van der Waals surface area contributed by atoms with Gasteiger partial charge in [-0.15, -0.1) is 0 Å². The first-order chi connectivity index (χ1) is 8.49. The maximum atomic E-state index is 11.9. The smallest absolute Gasteiger partial charge is 0.236 e. The molecular formula is C12H23N3O2S. The second-order valence-corrected chi connectivity index (χ2v) is 5.39. The molecule has 0 saturated carbocycles. The Labute approximate surface area is 114 Å². The molecule has 1 unspecified atom stereocenters. The minimum Gasteiger partial charge on any atom is -0.393 e. The molecule has 1 aliphatic heterocycles. The first-order valence-electron chi connectivity index (χ1n) is 6.31. The Hall–Kier alpha value is -0.720. The largest absolute Gasteiger partial charge is 0.393 e. The predicted molar refractivity (Wildman–Crippen MR) is 75.5 cm³/mol. The van der Waals surface area contributed by atoms with Gasteiger partial charge in [0, 0.05) is 33.2 Å². The fraction of sp³-hybridized carbons (Fsp3) is 0.833. The number of likely N-dealkylation sites (N-methyl/N-ethyl adjacent to an activating group) is 2. The van der Waals surface area contributed by atoms with Crippen LogP contribution in [0.5, 0.6) is 0 Å². The Kier molecular flexibility index (Phi) is 6.52. The molecule has 0 aromatic heterocycles. The molecule has 0 radical (unpaired) electrons. The van der Waals surface area contributed by atoms with Gasteiger partial charge in [-0.1, -0.05) is 12.2 Å². The Morgan fingerprint density at radius 1 is 1.50 bits per heavy atom. The monoisotopic (exact) mass is 273 g/mol. The van der Waals surface area contributed by atoms with E-state index in [1.165, 1.54) is 0 Å². The van der Waals surface area contributed by atoms with Crippen LogP contribution in [0.2, 0.25) is 0 Å². The van der Waals surface area contributed by atoms with Crippen molar-refractivity contribution in [1.29, 1.82) is 0 Å². The van der Waals surface area contributed by atoms with Gasteiger partial charge in [-0.05, 0) is 19.9 Å². The number of ether oxygens (including phenoxy) is 1. The van der Waals surface area contributed by atoms with Crippen LogP contribution in [-0.4, -0.2) is 67.1 Å². The molecule has 2 N–H and O–H groups in total. The topological polar surface area (TPSA) is 58.8 Å². The quantitative estimate of drug-likeness (QED) is 0.673. The van der Waals surface area contributed by atoms with Crippen molar-refractivity contribution in [2.24, 2.45) is 5.73 Å². The van der Waals surface area contributed by atoms with Crippen LogP contribution in [0.1, 0.15) is 19.3 Å². The standard InChI is InChI=1S/C12H23N3O2S/c1-14(8-10-4-3-7-17-10)9-12(16)15(2)6-5-11(13)18/h10H,3-9H2,1-2H3,(H2,13,18). The van der Waals surface area contributed by atoms with Gasteiger partial charge in [0.1, 0.15) is 0 Å². The molecule has 1 heterocycles. The van der Waals surface area contributed by atoms with Gasteiger partial charge < -0.3 is 15.4 Å². The van der Waals surface area contributed by atoms with Crippen molar-refractivity contribution in [2.45, 2.75) is 25.4 Å². The van der Waals surface area contributed by atoms with Crippen molar-refractivity contribution in [3.8, 4) is 0 Å². The Morgan fingerprint density at radius 3 is 2.78 bits per heavy atom. The summed E-state index contributed by atoms with van der Waals surface area (Å²) >= 11 is 4.80. The Morgan fingerprint density at radius 2 is 2.22 bits per heavy atom. The Balaban J connectivity index is 2.22. The van der Waals surface area contributed by atoms with Gasteiger partial charge in [0.15, 0.2) is 0 Å². The average molecular weight is 273 g/mol. The molecule has 0 aromatic rings. The van der Waals surface area contributed by atoms with Crippen molar-refractivity contribution in [1.82, 2.24) is 9.80 Å². The van der Waals surface area contributed by atoms with Crippen molar-refractivity contribution in [3.05, 3.63) is 0 Å². The molecular weight excluding hydrogens is 250 g/mol. The predicted octanol–water partition coefficient (Wildman–Crippen LogP) is 0.232. The second kappa shape index (κ2) is 7.66. The van der Waals surface area contributed by atoms with Crippen LogP contribution in [0.3, 0.4) is 0 Å². The lowest BCUT2D eigenvalue weighted by Gasteiger charge is -2.23. The van der Waals surface area contributed by atoms with Crippen LogP contribution in [0, 0.1) is 0 Å². The van der Waals surface area contributed by atoms with Gasteiger partial charge in [0.05, 0.1) is 17.6 Å². The molecule has 1 atom stereocenters. The summed E-state index contributed by atoms with van der Waals surface area (Å²) in [6.07, 6.45) is 3.08. The second-order valence-electron chi connectivity index (χ2n) is 4.86. The zero-order valence-corrected chi connectivity index (χ0v) is 12.0. The summed E-state index contributed by atoms with van der Waals surface area (Å²) in [5.41, 5.74) is 5.42. The number of hydrogen-bond donors (Lipinski definition) is 1. The van der Waals surface area contributed by atoms with Gasteiger partial charge in [0.25, 0.3) is 0 Å². The fourth-order valence-corrected chi connectivity index (χ4v) is 2.05. The molecule has 5 nitrogen and oxygen atoms in total. The van der Waals surface area contributed by atoms with Crippen molar-refractivity contribution in [2.75, 3.05) is 40.3 Å². The molecule has 0 aliphatic carbocycles. The Bertz CT molecular complexity index is 293. The van der Waals surface area contributed by atoms with Crippen LogP contribution in [-0.2, 0) is 9.53 Å². The maximum Gasteiger partial charge on any atom is 0.236 e. The van der Waals surface area contributed by atoms with E-state index in [2.05, 4.69) is 0 Å². The van der Waals surface area contributed by atoms with Crippen molar-refractivity contribution >= 4 is 23.1 Å². The highest BCUT2D eigenvalue weighted by molar-refractivity contribution is 7.80. The summed E-state index contributed by atoms with van der Waals surface area (Å²) in [6.45, 7) is 2.66. The van der Waals surface area contributed by atoms with Crippen molar-refractivity contribution in [3.63, 3.8) is 0 Å². The van der Waals surface area contributed by atoms with Crippen LogP contribution in [0.15, 0.2) is 0 Å². The lowest BCUT2D eigenvalue weighted by molar-refractivity contribution is -0.131. The van der Waals surface area contributed by atoms with E-state index in [1.807, 2.05) is 11.9 Å². The van der Waals surface area contributed by atoms with E-state index in [-0.39, 0.29) is 12.0 Å². The van der Waals surface area contributed by atoms with Crippen LogP contribution >= 0.6 is 12.2 Å². The molecule has 1 fully saturated rings. The summed E-state index contributed by atoms with van der Waals surface area (Å²) in [5.74, 6) is 0.0896. The molecule has 1 rings (SSSR count).